The molecule has 0 amide bonds. The summed E-state index contributed by atoms with van der Waals surface area (Å²) in [5.74, 6) is 1.09. The number of hydrogen-bond acceptors (Lipinski definition) is 6. The molecule has 3 aromatic rings. The Morgan fingerprint density at radius 3 is 2.82 bits per heavy atom. The first-order valence-electron chi connectivity index (χ1n) is 7.41. The molecule has 4 rings (SSSR count). The topological polar surface area (TPSA) is 41.9 Å². The van der Waals surface area contributed by atoms with Gasteiger partial charge in [0.2, 0.25) is 0 Å². The Balaban J connectivity index is 1.45. The Morgan fingerprint density at radius 1 is 1.09 bits per heavy atom. The summed E-state index contributed by atoms with van der Waals surface area (Å²) in [5, 5.41) is 5.05. The van der Waals surface area contributed by atoms with Crippen LogP contribution in [0.15, 0.2) is 47.2 Å². The number of piperidine rings is 1. The molecule has 6 heteroatoms. The second-order valence-corrected chi connectivity index (χ2v) is 7.52. The summed E-state index contributed by atoms with van der Waals surface area (Å²) in [7, 11) is 0. The first-order chi connectivity index (χ1) is 10.9. The highest BCUT2D eigenvalue weighted by atomic mass is 32.2. The molecule has 0 aromatic carbocycles. The smallest absolute Gasteiger partial charge is 0.140 e. The van der Waals surface area contributed by atoms with Crippen LogP contribution >= 0.6 is 23.1 Å². The molecular formula is C16H16N4S2. The Morgan fingerprint density at radius 2 is 2.00 bits per heavy atom. The lowest BCUT2D eigenvalue weighted by molar-refractivity contribution is 0.587. The van der Waals surface area contributed by atoms with Gasteiger partial charge in [-0.2, -0.15) is 0 Å². The van der Waals surface area contributed by atoms with Crippen LogP contribution in [0.25, 0.3) is 10.2 Å². The molecule has 1 fully saturated rings. The van der Waals surface area contributed by atoms with Crippen molar-refractivity contribution in [2.24, 2.45) is 0 Å². The Kier molecular flexibility index (Phi) is 3.95. The maximum absolute atomic E-state index is 4.51. The summed E-state index contributed by atoms with van der Waals surface area (Å²) in [6.45, 7) is 2.10. The van der Waals surface area contributed by atoms with E-state index in [1.807, 2.05) is 24.0 Å². The third-order valence-corrected chi connectivity index (χ3v) is 6.02. The van der Waals surface area contributed by atoms with Crippen molar-refractivity contribution >= 4 is 39.1 Å². The molecular weight excluding hydrogens is 312 g/mol. The van der Waals surface area contributed by atoms with Crippen LogP contribution in [-0.4, -0.2) is 33.3 Å². The molecule has 22 heavy (non-hydrogen) atoms. The van der Waals surface area contributed by atoms with E-state index < -0.39 is 0 Å². The molecule has 4 heterocycles. The molecule has 0 unspecified atom stereocenters. The number of hydrogen-bond donors (Lipinski definition) is 0. The fourth-order valence-electron chi connectivity index (χ4n) is 2.80. The van der Waals surface area contributed by atoms with Gasteiger partial charge in [-0.25, -0.2) is 15.0 Å². The molecule has 0 spiro atoms. The van der Waals surface area contributed by atoms with Gasteiger partial charge in [0, 0.05) is 24.5 Å². The fraction of sp³-hybridized carbons (Fsp3) is 0.312. The van der Waals surface area contributed by atoms with Crippen LogP contribution < -0.4 is 4.90 Å². The average molecular weight is 328 g/mol. The minimum absolute atomic E-state index is 0.644. The normalized spacial score (nSPS) is 16.3. The van der Waals surface area contributed by atoms with Gasteiger partial charge in [0.05, 0.1) is 10.4 Å². The Bertz CT molecular complexity index is 751. The van der Waals surface area contributed by atoms with E-state index in [4.69, 9.17) is 0 Å². The quantitative estimate of drug-likeness (QED) is 0.730. The van der Waals surface area contributed by atoms with Gasteiger partial charge in [-0.05, 0) is 36.4 Å². The average Bonchev–Trinajstić information content (AvgIpc) is 3.05. The van der Waals surface area contributed by atoms with E-state index in [-0.39, 0.29) is 0 Å². The zero-order valence-corrected chi connectivity index (χ0v) is 13.7. The van der Waals surface area contributed by atoms with Crippen LogP contribution in [0, 0.1) is 0 Å². The molecule has 0 saturated carbocycles. The van der Waals surface area contributed by atoms with E-state index in [0.717, 1.165) is 41.6 Å². The summed E-state index contributed by atoms with van der Waals surface area (Å²) in [6, 6.07) is 8.24. The molecule has 0 aliphatic carbocycles. The van der Waals surface area contributed by atoms with E-state index in [1.54, 1.807) is 17.7 Å². The zero-order valence-electron chi connectivity index (χ0n) is 12.1. The maximum atomic E-state index is 4.51. The molecule has 0 atom stereocenters. The maximum Gasteiger partial charge on any atom is 0.140 e. The monoisotopic (exact) mass is 328 g/mol. The van der Waals surface area contributed by atoms with Crippen LogP contribution in [-0.2, 0) is 0 Å². The highest BCUT2D eigenvalue weighted by Crippen LogP contribution is 2.33. The van der Waals surface area contributed by atoms with Crippen molar-refractivity contribution < 1.29 is 0 Å². The molecule has 112 valence electrons. The first kappa shape index (κ1) is 14.0. The minimum atomic E-state index is 0.644. The van der Waals surface area contributed by atoms with Gasteiger partial charge in [-0.15, -0.1) is 23.1 Å². The van der Waals surface area contributed by atoms with E-state index in [1.165, 1.54) is 5.39 Å². The predicted octanol–water partition coefficient (Wildman–Crippen LogP) is 3.85. The van der Waals surface area contributed by atoms with Crippen molar-refractivity contribution in [1.82, 2.24) is 15.0 Å². The van der Waals surface area contributed by atoms with Crippen molar-refractivity contribution in [2.75, 3.05) is 18.0 Å². The van der Waals surface area contributed by atoms with Gasteiger partial charge in [-0.3, -0.25) is 0 Å². The first-order valence-corrected chi connectivity index (χ1v) is 9.17. The summed E-state index contributed by atoms with van der Waals surface area (Å²) in [6.07, 6.45) is 5.88. The number of fused-ring (bicyclic) bond motifs is 1. The number of aromatic nitrogens is 3. The largest absolute Gasteiger partial charge is 0.356 e. The summed E-state index contributed by atoms with van der Waals surface area (Å²) in [4.78, 5) is 16.7. The van der Waals surface area contributed by atoms with Crippen molar-refractivity contribution in [1.29, 1.82) is 0 Å². The molecule has 3 aromatic heterocycles. The van der Waals surface area contributed by atoms with Gasteiger partial charge in [-0.1, -0.05) is 6.07 Å². The van der Waals surface area contributed by atoms with Gasteiger partial charge >= 0.3 is 0 Å². The van der Waals surface area contributed by atoms with E-state index in [9.17, 15) is 0 Å². The van der Waals surface area contributed by atoms with Gasteiger partial charge < -0.3 is 4.90 Å². The number of nitrogens with zero attached hydrogens (tertiary/aromatic N) is 4. The number of rotatable bonds is 3. The van der Waals surface area contributed by atoms with E-state index in [2.05, 4.69) is 43.4 Å². The van der Waals surface area contributed by atoms with Crippen LogP contribution in [0.1, 0.15) is 12.8 Å². The third-order valence-electron chi connectivity index (χ3n) is 3.91. The lowest BCUT2D eigenvalue weighted by Gasteiger charge is -2.32. The van der Waals surface area contributed by atoms with E-state index in [0.29, 0.717) is 5.25 Å². The Hall–Kier alpha value is -1.66. The lowest BCUT2D eigenvalue weighted by atomic mass is 10.1. The SMILES string of the molecule is c1ccc(SC2CCN(c3ncnc4sccc34)CC2)nc1. The number of thioether (sulfide) groups is 1. The second kappa shape index (κ2) is 6.22. The molecule has 1 saturated heterocycles. The van der Waals surface area contributed by atoms with Crippen LogP contribution in [0.2, 0.25) is 0 Å². The molecule has 0 N–H and O–H groups in total. The van der Waals surface area contributed by atoms with Crippen LogP contribution in [0.5, 0.6) is 0 Å². The van der Waals surface area contributed by atoms with Crippen molar-refractivity contribution in [2.45, 2.75) is 23.1 Å². The van der Waals surface area contributed by atoms with Crippen molar-refractivity contribution in [3.8, 4) is 0 Å². The highest BCUT2D eigenvalue weighted by molar-refractivity contribution is 7.99. The molecule has 0 bridgehead atoms. The summed E-state index contributed by atoms with van der Waals surface area (Å²) in [5.41, 5.74) is 0. The van der Waals surface area contributed by atoms with Crippen molar-refractivity contribution in [3.05, 3.63) is 42.2 Å². The van der Waals surface area contributed by atoms with Crippen molar-refractivity contribution in [3.63, 3.8) is 0 Å². The minimum Gasteiger partial charge on any atom is -0.356 e. The summed E-state index contributed by atoms with van der Waals surface area (Å²) < 4.78 is 0. The van der Waals surface area contributed by atoms with E-state index >= 15 is 0 Å². The molecule has 4 nitrogen and oxygen atoms in total. The standard InChI is InChI=1S/C16H16N4S2/c1-2-7-17-14(3-1)22-12-4-8-20(9-5-12)15-13-6-10-21-16(13)19-11-18-15/h1-3,6-7,10-12H,4-5,8-9H2. The molecule has 0 radical (unpaired) electrons. The van der Waals surface area contributed by atoms with Gasteiger partial charge in [0.1, 0.15) is 17.0 Å². The number of pyridine rings is 1. The summed E-state index contributed by atoms with van der Waals surface area (Å²) >= 11 is 3.58. The highest BCUT2D eigenvalue weighted by Gasteiger charge is 2.22. The Labute approximate surface area is 137 Å². The molecule has 1 aliphatic heterocycles. The fourth-order valence-corrected chi connectivity index (χ4v) is 4.60. The number of anilines is 1. The predicted molar refractivity (Wildman–Crippen MR) is 92.7 cm³/mol. The van der Waals surface area contributed by atoms with Crippen LogP contribution in [0.3, 0.4) is 0 Å². The molecule has 1 aliphatic rings. The number of thiophene rings is 1. The third kappa shape index (κ3) is 2.80. The van der Waals surface area contributed by atoms with Gasteiger partial charge in [0.15, 0.2) is 0 Å². The van der Waals surface area contributed by atoms with Crippen LogP contribution in [0.4, 0.5) is 5.82 Å². The zero-order chi connectivity index (χ0) is 14.8. The second-order valence-electron chi connectivity index (χ2n) is 5.31. The lowest BCUT2D eigenvalue weighted by Crippen LogP contribution is -2.35. The van der Waals surface area contributed by atoms with Gasteiger partial charge in [0.25, 0.3) is 0 Å².